The molecule has 7 heteroatoms. The molecule has 0 radical (unpaired) electrons. The predicted octanol–water partition coefficient (Wildman–Crippen LogP) is 1.31. The quantitative estimate of drug-likeness (QED) is 0.741. The zero-order valence-corrected chi connectivity index (χ0v) is 12.1. The molecule has 0 saturated heterocycles. The van der Waals surface area contributed by atoms with Crippen molar-refractivity contribution in [2.45, 2.75) is 44.4 Å². The average molecular weight is 289 g/mol. The number of nitrogens with two attached hydrogens (primary N) is 1. The summed E-state index contributed by atoms with van der Waals surface area (Å²) in [5.74, 6) is 0.388. The first-order chi connectivity index (χ1) is 8.49. The van der Waals surface area contributed by atoms with Gasteiger partial charge in [0.15, 0.2) is 0 Å². The number of rotatable bonds is 7. The molecule has 2 rings (SSSR count). The molecular formula is C11H19N3O2S2. The Morgan fingerprint density at radius 3 is 2.78 bits per heavy atom. The first kappa shape index (κ1) is 13.9. The molecule has 1 heterocycles. The maximum Gasteiger partial charge on any atom is 0.215 e. The first-order valence-corrected chi connectivity index (χ1v) is 8.72. The molecule has 1 aliphatic rings. The summed E-state index contributed by atoms with van der Waals surface area (Å²) < 4.78 is 22.2. The molecule has 3 N–H and O–H groups in total. The van der Waals surface area contributed by atoms with Crippen molar-refractivity contribution in [1.29, 1.82) is 0 Å². The number of hydrogen-bond donors (Lipinski definition) is 2. The van der Waals surface area contributed by atoms with Gasteiger partial charge in [-0.25, -0.2) is 18.5 Å². The highest BCUT2D eigenvalue weighted by Crippen LogP contribution is 2.42. The van der Waals surface area contributed by atoms with Crippen molar-refractivity contribution in [2.75, 3.05) is 6.54 Å². The van der Waals surface area contributed by atoms with E-state index < -0.39 is 10.0 Å². The summed E-state index contributed by atoms with van der Waals surface area (Å²) in [4.78, 5) is 5.63. The van der Waals surface area contributed by atoms with Crippen LogP contribution in [0.2, 0.25) is 0 Å². The van der Waals surface area contributed by atoms with Crippen LogP contribution in [-0.4, -0.2) is 19.9 Å². The lowest BCUT2D eigenvalue weighted by atomic mass is 10.2. The summed E-state index contributed by atoms with van der Waals surface area (Å²) in [7, 11) is -3.48. The van der Waals surface area contributed by atoms with Crippen LogP contribution in [0.25, 0.3) is 0 Å². The van der Waals surface area contributed by atoms with Crippen molar-refractivity contribution in [1.82, 2.24) is 10.3 Å². The standard InChI is InChI=1S/C11H19N3O2S2/c1-2-5-13-6-9-11(8-3-4-8)14-10(17-9)7-18(12,15)16/h8,13H,2-7H2,1H3,(H2,12,15,16). The molecule has 0 aromatic carbocycles. The third-order valence-corrected chi connectivity index (χ3v) is 4.70. The largest absolute Gasteiger partial charge is 0.312 e. The summed E-state index contributed by atoms with van der Waals surface area (Å²) in [6.45, 7) is 3.86. The maximum atomic E-state index is 11.1. The minimum atomic E-state index is -3.48. The van der Waals surface area contributed by atoms with E-state index in [2.05, 4.69) is 17.2 Å². The number of thiazole rings is 1. The lowest BCUT2D eigenvalue weighted by Gasteiger charge is -2.01. The number of primary sulfonamides is 1. The van der Waals surface area contributed by atoms with Crippen molar-refractivity contribution in [3.63, 3.8) is 0 Å². The number of aromatic nitrogens is 1. The predicted molar refractivity (Wildman–Crippen MR) is 72.9 cm³/mol. The molecule has 0 unspecified atom stereocenters. The highest BCUT2D eigenvalue weighted by molar-refractivity contribution is 7.88. The Bertz CT molecular complexity index is 506. The Hall–Kier alpha value is -0.500. The number of nitrogens with one attached hydrogen (secondary N) is 1. The van der Waals surface area contributed by atoms with Gasteiger partial charge in [0.05, 0.1) is 5.69 Å². The Kier molecular flexibility index (Phi) is 4.37. The van der Waals surface area contributed by atoms with Gasteiger partial charge in [0.25, 0.3) is 0 Å². The number of nitrogens with zero attached hydrogens (tertiary/aromatic N) is 1. The minimum Gasteiger partial charge on any atom is -0.312 e. The van der Waals surface area contributed by atoms with Crippen LogP contribution in [0, 0.1) is 0 Å². The molecule has 1 aromatic heterocycles. The summed E-state index contributed by atoms with van der Waals surface area (Å²) in [5.41, 5.74) is 1.09. The van der Waals surface area contributed by atoms with Crippen molar-refractivity contribution < 1.29 is 8.42 Å². The van der Waals surface area contributed by atoms with Gasteiger partial charge in [-0.1, -0.05) is 6.92 Å². The van der Waals surface area contributed by atoms with Crippen molar-refractivity contribution in [3.05, 3.63) is 15.6 Å². The monoisotopic (exact) mass is 289 g/mol. The number of hydrogen-bond acceptors (Lipinski definition) is 5. The minimum absolute atomic E-state index is 0.148. The SMILES string of the molecule is CCCNCc1sc(CS(N)(=O)=O)nc1C1CC1. The van der Waals surface area contributed by atoms with Crippen LogP contribution >= 0.6 is 11.3 Å². The Morgan fingerprint density at radius 2 is 2.22 bits per heavy atom. The highest BCUT2D eigenvalue weighted by atomic mass is 32.2. The topological polar surface area (TPSA) is 85.1 Å². The van der Waals surface area contributed by atoms with Crippen molar-refractivity contribution in [2.24, 2.45) is 5.14 Å². The second-order valence-corrected chi connectivity index (χ2v) is 7.46. The van der Waals surface area contributed by atoms with Gasteiger partial charge in [-0.15, -0.1) is 11.3 Å². The molecule has 5 nitrogen and oxygen atoms in total. The van der Waals surface area contributed by atoms with Crippen LogP contribution in [0.1, 0.15) is 47.7 Å². The zero-order valence-electron chi connectivity index (χ0n) is 10.5. The summed E-state index contributed by atoms with van der Waals surface area (Å²) in [6, 6.07) is 0. The molecule has 0 spiro atoms. The van der Waals surface area contributed by atoms with E-state index in [4.69, 9.17) is 5.14 Å². The normalized spacial score (nSPS) is 16.1. The molecule has 18 heavy (non-hydrogen) atoms. The molecule has 1 aliphatic carbocycles. The third-order valence-electron chi connectivity index (χ3n) is 2.77. The van der Waals surface area contributed by atoms with Gasteiger partial charge in [-0.2, -0.15) is 0 Å². The molecule has 0 amide bonds. The Balaban J connectivity index is 2.11. The van der Waals surface area contributed by atoms with Crippen LogP contribution < -0.4 is 10.5 Å². The molecule has 0 aliphatic heterocycles. The summed E-state index contributed by atoms with van der Waals surface area (Å²) in [5, 5.41) is 9.02. The second-order valence-electron chi connectivity index (χ2n) is 4.67. The lowest BCUT2D eigenvalue weighted by Crippen LogP contribution is -2.14. The number of sulfonamides is 1. The third kappa shape index (κ3) is 4.01. The maximum absolute atomic E-state index is 11.1. The van der Waals surface area contributed by atoms with E-state index >= 15 is 0 Å². The van der Waals surface area contributed by atoms with Gasteiger partial charge < -0.3 is 5.32 Å². The molecule has 1 saturated carbocycles. The van der Waals surface area contributed by atoms with Crippen LogP contribution in [0.15, 0.2) is 0 Å². The first-order valence-electron chi connectivity index (χ1n) is 6.19. The van der Waals surface area contributed by atoms with Crippen LogP contribution in [0.3, 0.4) is 0 Å². The molecule has 1 fully saturated rings. The van der Waals surface area contributed by atoms with E-state index in [1.165, 1.54) is 29.1 Å². The van der Waals surface area contributed by atoms with Gasteiger partial charge in [0.1, 0.15) is 10.8 Å². The summed E-state index contributed by atoms with van der Waals surface area (Å²) >= 11 is 1.47. The van der Waals surface area contributed by atoms with E-state index in [1.807, 2.05) is 0 Å². The van der Waals surface area contributed by atoms with Crippen LogP contribution in [0.4, 0.5) is 0 Å². The Morgan fingerprint density at radius 1 is 1.50 bits per heavy atom. The molecular weight excluding hydrogens is 270 g/mol. The average Bonchev–Trinajstić information content (AvgIpc) is 3.01. The van der Waals surface area contributed by atoms with Gasteiger partial charge in [0, 0.05) is 17.3 Å². The molecule has 0 atom stereocenters. The van der Waals surface area contributed by atoms with E-state index in [-0.39, 0.29) is 5.75 Å². The molecule has 1 aromatic rings. The fraction of sp³-hybridized carbons (Fsp3) is 0.727. The summed E-state index contributed by atoms with van der Waals surface area (Å²) in [6.07, 6.45) is 3.42. The van der Waals surface area contributed by atoms with E-state index in [1.54, 1.807) is 0 Å². The highest BCUT2D eigenvalue weighted by Gasteiger charge is 2.29. The zero-order chi connectivity index (χ0) is 13.2. The lowest BCUT2D eigenvalue weighted by molar-refractivity contribution is 0.597. The van der Waals surface area contributed by atoms with Crippen molar-refractivity contribution >= 4 is 21.4 Å². The van der Waals surface area contributed by atoms with Crippen LogP contribution in [0.5, 0.6) is 0 Å². The van der Waals surface area contributed by atoms with Gasteiger partial charge in [0.2, 0.25) is 10.0 Å². The molecule has 102 valence electrons. The Labute approximate surface area is 112 Å². The van der Waals surface area contributed by atoms with Gasteiger partial charge in [-0.3, -0.25) is 0 Å². The van der Waals surface area contributed by atoms with Gasteiger partial charge >= 0.3 is 0 Å². The van der Waals surface area contributed by atoms with Crippen molar-refractivity contribution in [3.8, 4) is 0 Å². The van der Waals surface area contributed by atoms with E-state index in [0.717, 1.165) is 25.2 Å². The smallest absolute Gasteiger partial charge is 0.215 e. The van der Waals surface area contributed by atoms with Crippen LogP contribution in [-0.2, 0) is 22.3 Å². The van der Waals surface area contributed by atoms with E-state index in [9.17, 15) is 8.42 Å². The fourth-order valence-electron chi connectivity index (χ4n) is 1.83. The molecule has 0 bridgehead atoms. The van der Waals surface area contributed by atoms with Gasteiger partial charge in [-0.05, 0) is 25.8 Å². The van der Waals surface area contributed by atoms with E-state index in [0.29, 0.717) is 10.9 Å². The second kappa shape index (κ2) is 5.64. The fourth-order valence-corrected chi connectivity index (χ4v) is 3.89.